The van der Waals surface area contributed by atoms with Crippen LogP contribution in [0.3, 0.4) is 0 Å². The van der Waals surface area contributed by atoms with Gasteiger partial charge in [0.1, 0.15) is 22.3 Å². The van der Waals surface area contributed by atoms with Crippen LogP contribution in [0.4, 0.5) is 0 Å². The number of hydrogen-bond donors (Lipinski definition) is 0. The van der Waals surface area contributed by atoms with E-state index in [4.69, 9.17) is 9.15 Å². The number of hydrogen-bond acceptors (Lipinski definition) is 3. The van der Waals surface area contributed by atoms with Gasteiger partial charge in [-0.2, -0.15) is 0 Å². The first-order valence-corrected chi connectivity index (χ1v) is 9.47. The van der Waals surface area contributed by atoms with Gasteiger partial charge < -0.3 is 9.15 Å². The number of carbonyl (C=O) groups is 1. The van der Waals surface area contributed by atoms with E-state index >= 15 is 0 Å². The summed E-state index contributed by atoms with van der Waals surface area (Å²) in [5, 5.41) is 2.16. The lowest BCUT2D eigenvalue weighted by Gasteiger charge is -2.26. The molecule has 1 aromatic heterocycles. The van der Waals surface area contributed by atoms with Crippen LogP contribution in [0.1, 0.15) is 37.3 Å². The molecule has 0 radical (unpaired) electrons. The topological polar surface area (TPSA) is 39.4 Å². The second-order valence-corrected chi connectivity index (χ2v) is 7.20. The summed E-state index contributed by atoms with van der Waals surface area (Å²) in [6.45, 7) is 2.14. The van der Waals surface area contributed by atoms with E-state index in [1.54, 1.807) is 0 Å². The molecule has 0 fully saturated rings. The molecule has 4 aromatic rings. The Kier molecular flexibility index (Phi) is 3.57. The zero-order valence-electron chi connectivity index (χ0n) is 15.2. The molecule has 1 atom stereocenters. The number of benzene rings is 3. The minimum atomic E-state index is -0.764. The second kappa shape index (κ2) is 5.98. The van der Waals surface area contributed by atoms with Crippen molar-refractivity contribution < 1.29 is 13.9 Å². The summed E-state index contributed by atoms with van der Waals surface area (Å²) in [5.74, 6) is 0.482. The molecular formula is C24H20O3. The third kappa shape index (κ3) is 2.24. The third-order valence-electron chi connectivity index (χ3n) is 5.67. The molecular weight excluding hydrogens is 336 g/mol. The standard InChI is InChI=1S/C24H20O3/c1-2-3-14-24(19-9-5-7-11-21(19)27-23(24)25)16-12-13-18-17-8-4-6-10-20(17)26-22(18)15-16/h4-13,15H,2-3,14H2,1H3. The lowest BCUT2D eigenvalue weighted by molar-refractivity contribution is -0.137. The number of furan rings is 1. The molecule has 0 saturated carbocycles. The molecule has 134 valence electrons. The fourth-order valence-electron chi connectivity index (χ4n) is 4.29. The Morgan fingerprint density at radius 1 is 0.889 bits per heavy atom. The normalized spacial score (nSPS) is 18.8. The first kappa shape index (κ1) is 16.1. The number of ether oxygens (including phenoxy) is 1. The van der Waals surface area contributed by atoms with Crippen molar-refractivity contribution in [1.29, 1.82) is 0 Å². The monoisotopic (exact) mass is 356 g/mol. The SMILES string of the molecule is CCCCC1(c2ccc3c(c2)oc2ccccc23)C(=O)Oc2ccccc21. The van der Waals surface area contributed by atoms with Crippen LogP contribution >= 0.6 is 0 Å². The molecule has 1 aliphatic heterocycles. The van der Waals surface area contributed by atoms with Crippen LogP contribution in [-0.2, 0) is 10.2 Å². The number of fused-ring (bicyclic) bond motifs is 4. The zero-order valence-corrected chi connectivity index (χ0v) is 15.2. The minimum Gasteiger partial charge on any atom is -0.456 e. The fourth-order valence-corrected chi connectivity index (χ4v) is 4.29. The van der Waals surface area contributed by atoms with Crippen LogP contribution < -0.4 is 4.74 Å². The van der Waals surface area contributed by atoms with Gasteiger partial charge in [0.25, 0.3) is 0 Å². The molecule has 0 aliphatic carbocycles. The van der Waals surface area contributed by atoms with Crippen LogP contribution in [0.25, 0.3) is 21.9 Å². The summed E-state index contributed by atoms with van der Waals surface area (Å²) in [6, 6.07) is 21.9. The third-order valence-corrected chi connectivity index (χ3v) is 5.67. The molecule has 2 heterocycles. The smallest absolute Gasteiger partial charge is 0.326 e. The quantitative estimate of drug-likeness (QED) is 0.333. The van der Waals surface area contributed by atoms with Crippen molar-refractivity contribution in [2.45, 2.75) is 31.6 Å². The summed E-state index contributed by atoms with van der Waals surface area (Å²) in [7, 11) is 0. The average Bonchev–Trinajstić information content (AvgIpc) is 3.21. The zero-order chi connectivity index (χ0) is 18.4. The Labute approximate surface area is 157 Å². The Hall–Kier alpha value is -3.07. The van der Waals surface area contributed by atoms with E-state index in [9.17, 15) is 4.79 Å². The Balaban J connectivity index is 1.75. The first-order valence-electron chi connectivity index (χ1n) is 9.47. The Morgan fingerprint density at radius 2 is 1.67 bits per heavy atom. The van der Waals surface area contributed by atoms with Crippen molar-refractivity contribution in [1.82, 2.24) is 0 Å². The maximum absolute atomic E-state index is 13.1. The second-order valence-electron chi connectivity index (χ2n) is 7.20. The molecule has 0 bridgehead atoms. The van der Waals surface area contributed by atoms with Crippen molar-refractivity contribution in [2.24, 2.45) is 0 Å². The highest BCUT2D eigenvalue weighted by Gasteiger charge is 2.50. The van der Waals surface area contributed by atoms with Gasteiger partial charge >= 0.3 is 5.97 Å². The molecule has 1 unspecified atom stereocenters. The summed E-state index contributed by atoms with van der Waals surface area (Å²) in [5.41, 5.74) is 2.81. The molecule has 27 heavy (non-hydrogen) atoms. The summed E-state index contributed by atoms with van der Waals surface area (Å²) >= 11 is 0. The van der Waals surface area contributed by atoms with E-state index in [0.29, 0.717) is 5.75 Å². The fraction of sp³-hybridized carbons (Fsp3) is 0.208. The van der Waals surface area contributed by atoms with Crippen molar-refractivity contribution in [3.05, 3.63) is 77.9 Å². The van der Waals surface area contributed by atoms with Crippen LogP contribution in [0.2, 0.25) is 0 Å². The van der Waals surface area contributed by atoms with Gasteiger partial charge in [-0.1, -0.05) is 68.3 Å². The van der Waals surface area contributed by atoms with E-state index in [-0.39, 0.29) is 5.97 Å². The first-order chi connectivity index (χ1) is 13.2. The minimum absolute atomic E-state index is 0.187. The molecule has 0 spiro atoms. The largest absolute Gasteiger partial charge is 0.456 e. The molecule has 0 N–H and O–H groups in total. The van der Waals surface area contributed by atoms with Crippen molar-refractivity contribution >= 4 is 27.9 Å². The van der Waals surface area contributed by atoms with Gasteiger partial charge in [0, 0.05) is 16.3 Å². The van der Waals surface area contributed by atoms with Crippen LogP contribution in [0.5, 0.6) is 5.75 Å². The average molecular weight is 356 g/mol. The summed E-state index contributed by atoms with van der Waals surface area (Å²) in [4.78, 5) is 13.1. The maximum Gasteiger partial charge on any atom is 0.326 e. The van der Waals surface area contributed by atoms with Gasteiger partial charge in [0.15, 0.2) is 0 Å². The molecule has 0 saturated heterocycles. The predicted octanol–water partition coefficient (Wildman–Crippen LogP) is 5.98. The van der Waals surface area contributed by atoms with Crippen molar-refractivity contribution in [3.8, 4) is 5.75 Å². The van der Waals surface area contributed by atoms with Gasteiger partial charge in [0.05, 0.1) is 0 Å². The van der Waals surface area contributed by atoms with E-state index in [0.717, 1.165) is 52.3 Å². The van der Waals surface area contributed by atoms with Gasteiger partial charge in [-0.25, -0.2) is 0 Å². The lowest BCUT2D eigenvalue weighted by atomic mass is 9.72. The van der Waals surface area contributed by atoms with Crippen molar-refractivity contribution in [2.75, 3.05) is 0 Å². The highest BCUT2D eigenvalue weighted by atomic mass is 16.5. The van der Waals surface area contributed by atoms with Crippen LogP contribution in [0.15, 0.2) is 71.1 Å². The van der Waals surface area contributed by atoms with E-state index in [1.807, 2.05) is 48.5 Å². The van der Waals surface area contributed by atoms with Crippen molar-refractivity contribution in [3.63, 3.8) is 0 Å². The molecule has 5 rings (SSSR count). The molecule has 0 amide bonds. The van der Waals surface area contributed by atoms with Gasteiger partial charge in [-0.15, -0.1) is 0 Å². The lowest BCUT2D eigenvalue weighted by Crippen LogP contribution is -2.35. The van der Waals surface area contributed by atoms with E-state index < -0.39 is 5.41 Å². The number of unbranched alkanes of at least 4 members (excludes halogenated alkanes) is 1. The molecule has 3 aromatic carbocycles. The molecule has 3 heteroatoms. The van der Waals surface area contributed by atoms with Gasteiger partial charge in [-0.3, -0.25) is 4.79 Å². The van der Waals surface area contributed by atoms with Gasteiger partial charge in [0.2, 0.25) is 0 Å². The summed E-state index contributed by atoms with van der Waals surface area (Å²) in [6.07, 6.45) is 2.69. The highest BCUT2D eigenvalue weighted by molar-refractivity contribution is 6.05. The van der Waals surface area contributed by atoms with E-state index in [1.165, 1.54) is 0 Å². The Bertz CT molecular complexity index is 1170. The predicted molar refractivity (Wildman–Crippen MR) is 106 cm³/mol. The number of esters is 1. The number of rotatable bonds is 4. The number of para-hydroxylation sites is 2. The van der Waals surface area contributed by atoms with Crippen LogP contribution in [0, 0.1) is 0 Å². The van der Waals surface area contributed by atoms with Gasteiger partial charge in [-0.05, 0) is 30.2 Å². The highest BCUT2D eigenvalue weighted by Crippen LogP contribution is 2.48. The van der Waals surface area contributed by atoms with Crippen LogP contribution in [-0.4, -0.2) is 5.97 Å². The maximum atomic E-state index is 13.1. The summed E-state index contributed by atoms with van der Waals surface area (Å²) < 4.78 is 11.7. The molecule has 3 nitrogen and oxygen atoms in total. The Morgan fingerprint density at radius 3 is 2.56 bits per heavy atom. The number of carbonyl (C=O) groups excluding carboxylic acids is 1. The molecule has 1 aliphatic rings. The van der Waals surface area contributed by atoms with E-state index in [2.05, 4.69) is 25.1 Å².